The number of hydrogen-bond donors (Lipinski definition) is 0. The average Bonchev–Trinajstić information content (AvgIpc) is 3.04. The van der Waals surface area contributed by atoms with Crippen molar-refractivity contribution in [2.45, 2.75) is 32.4 Å². The number of fused-ring (bicyclic) bond motifs is 1. The summed E-state index contributed by atoms with van der Waals surface area (Å²) in [6, 6.07) is 18.3. The van der Waals surface area contributed by atoms with Gasteiger partial charge in [0.25, 0.3) is 0 Å². The molecule has 0 atom stereocenters. The molecule has 2 aromatic carbocycles. The van der Waals surface area contributed by atoms with E-state index in [0.717, 1.165) is 30.2 Å². The van der Waals surface area contributed by atoms with Crippen molar-refractivity contribution < 1.29 is 4.74 Å². The second-order valence-corrected chi connectivity index (χ2v) is 6.67. The summed E-state index contributed by atoms with van der Waals surface area (Å²) in [7, 11) is 0. The average molecular weight is 335 g/mol. The Morgan fingerprint density at radius 3 is 2.44 bits per heavy atom. The topological polar surface area (TPSA) is 30.3 Å². The minimum atomic E-state index is 0.499. The van der Waals surface area contributed by atoms with Gasteiger partial charge >= 0.3 is 0 Å². The third kappa shape index (κ3) is 3.85. The van der Waals surface area contributed by atoms with Crippen LogP contribution in [0, 0.1) is 0 Å². The van der Waals surface area contributed by atoms with E-state index in [-0.39, 0.29) is 0 Å². The second-order valence-electron chi connectivity index (χ2n) is 6.67. The summed E-state index contributed by atoms with van der Waals surface area (Å²) >= 11 is 0. The van der Waals surface area contributed by atoms with Crippen molar-refractivity contribution >= 4 is 11.0 Å². The number of imidazole rings is 1. The molecular weight excluding hydrogens is 310 g/mol. The van der Waals surface area contributed by atoms with Crippen molar-refractivity contribution in [2.24, 2.45) is 0 Å². The Balaban J connectivity index is 1.52. The first-order chi connectivity index (χ1) is 12.4. The fraction of sp³-hybridized carbons (Fsp3) is 0.381. The Hall–Kier alpha value is -2.33. The highest BCUT2D eigenvalue weighted by atomic mass is 16.5. The Bertz CT molecular complexity index is 806. The minimum Gasteiger partial charge on any atom is -0.486 e. The summed E-state index contributed by atoms with van der Waals surface area (Å²) in [4.78, 5) is 7.38. The van der Waals surface area contributed by atoms with E-state index in [0.29, 0.717) is 6.61 Å². The number of ether oxygens (including phenoxy) is 1. The second kappa shape index (κ2) is 7.70. The molecule has 0 unspecified atom stereocenters. The monoisotopic (exact) mass is 335 g/mol. The van der Waals surface area contributed by atoms with Crippen molar-refractivity contribution in [3.05, 3.63) is 60.4 Å². The van der Waals surface area contributed by atoms with Crippen LogP contribution in [0.25, 0.3) is 11.0 Å². The first-order valence-electron chi connectivity index (χ1n) is 9.24. The molecule has 1 aromatic heterocycles. The summed E-state index contributed by atoms with van der Waals surface area (Å²) in [5.74, 6) is 1.89. The molecular formula is C21H25N3O. The molecule has 1 saturated heterocycles. The highest BCUT2D eigenvalue weighted by Crippen LogP contribution is 2.19. The molecule has 0 spiro atoms. The van der Waals surface area contributed by atoms with E-state index in [9.17, 15) is 0 Å². The quantitative estimate of drug-likeness (QED) is 0.679. The summed E-state index contributed by atoms with van der Waals surface area (Å²) in [5, 5.41) is 0. The van der Waals surface area contributed by atoms with Gasteiger partial charge in [-0.15, -0.1) is 0 Å². The zero-order valence-corrected chi connectivity index (χ0v) is 14.6. The van der Waals surface area contributed by atoms with Crippen LogP contribution in [0.5, 0.6) is 5.75 Å². The molecule has 130 valence electrons. The molecule has 0 radical (unpaired) electrons. The van der Waals surface area contributed by atoms with Crippen LogP contribution in [0.2, 0.25) is 0 Å². The van der Waals surface area contributed by atoms with Gasteiger partial charge in [-0.05, 0) is 50.2 Å². The van der Waals surface area contributed by atoms with E-state index in [2.05, 4.69) is 27.7 Å². The van der Waals surface area contributed by atoms with E-state index in [1.54, 1.807) is 0 Å². The molecule has 4 rings (SSSR count). The lowest BCUT2D eigenvalue weighted by Gasteiger charge is -2.26. The predicted molar refractivity (Wildman–Crippen MR) is 101 cm³/mol. The summed E-state index contributed by atoms with van der Waals surface area (Å²) in [6.07, 6.45) is 4.03. The third-order valence-electron chi connectivity index (χ3n) is 4.93. The molecule has 0 bridgehead atoms. The maximum Gasteiger partial charge on any atom is 0.148 e. The summed E-state index contributed by atoms with van der Waals surface area (Å²) in [5.41, 5.74) is 2.25. The van der Waals surface area contributed by atoms with Crippen molar-refractivity contribution in [3.8, 4) is 5.75 Å². The highest BCUT2D eigenvalue weighted by molar-refractivity contribution is 5.75. The molecule has 4 nitrogen and oxygen atoms in total. The zero-order chi connectivity index (χ0) is 16.9. The zero-order valence-electron chi connectivity index (χ0n) is 14.6. The third-order valence-corrected chi connectivity index (χ3v) is 4.93. The van der Waals surface area contributed by atoms with E-state index < -0.39 is 0 Å². The molecule has 0 amide bonds. The van der Waals surface area contributed by atoms with E-state index in [4.69, 9.17) is 9.72 Å². The largest absolute Gasteiger partial charge is 0.486 e. The summed E-state index contributed by atoms with van der Waals surface area (Å²) in [6.45, 7) is 5.00. The molecule has 1 fully saturated rings. The standard InChI is InChI=1S/C21H25N3O/c1-3-9-18(10-4-1)25-17-21-22-19-11-5-6-12-20(19)24(21)16-15-23-13-7-2-8-14-23/h1,3-6,9-12H,2,7-8,13-17H2. The molecule has 4 heteroatoms. The van der Waals surface area contributed by atoms with Gasteiger partial charge in [0.15, 0.2) is 0 Å². The highest BCUT2D eigenvalue weighted by Gasteiger charge is 2.14. The molecule has 0 N–H and O–H groups in total. The molecule has 1 aliphatic heterocycles. The van der Waals surface area contributed by atoms with Crippen LogP contribution in [-0.2, 0) is 13.2 Å². The number of para-hydroxylation sites is 3. The fourth-order valence-corrected chi connectivity index (χ4v) is 3.57. The van der Waals surface area contributed by atoms with Crippen molar-refractivity contribution in [2.75, 3.05) is 19.6 Å². The van der Waals surface area contributed by atoms with Gasteiger partial charge < -0.3 is 14.2 Å². The lowest BCUT2D eigenvalue weighted by Crippen LogP contribution is -2.32. The Labute approximate surface area is 149 Å². The molecule has 1 aliphatic rings. The molecule has 2 heterocycles. The number of benzene rings is 2. The lowest BCUT2D eigenvalue weighted by atomic mass is 10.1. The van der Waals surface area contributed by atoms with E-state index in [1.165, 1.54) is 37.9 Å². The summed E-state index contributed by atoms with van der Waals surface area (Å²) < 4.78 is 8.28. The Morgan fingerprint density at radius 1 is 0.840 bits per heavy atom. The van der Waals surface area contributed by atoms with Crippen LogP contribution in [-0.4, -0.2) is 34.1 Å². The number of likely N-dealkylation sites (tertiary alicyclic amines) is 1. The number of nitrogens with zero attached hydrogens (tertiary/aromatic N) is 3. The smallest absolute Gasteiger partial charge is 0.148 e. The maximum atomic E-state index is 5.96. The molecule has 3 aromatic rings. The number of hydrogen-bond acceptors (Lipinski definition) is 3. The molecule has 0 saturated carbocycles. The van der Waals surface area contributed by atoms with Crippen LogP contribution < -0.4 is 4.74 Å². The van der Waals surface area contributed by atoms with Crippen LogP contribution in [0.4, 0.5) is 0 Å². The molecule has 25 heavy (non-hydrogen) atoms. The van der Waals surface area contributed by atoms with Crippen molar-refractivity contribution in [1.29, 1.82) is 0 Å². The maximum absolute atomic E-state index is 5.96. The van der Waals surface area contributed by atoms with Gasteiger partial charge in [0.05, 0.1) is 11.0 Å². The first-order valence-corrected chi connectivity index (χ1v) is 9.24. The fourth-order valence-electron chi connectivity index (χ4n) is 3.57. The van der Waals surface area contributed by atoms with Crippen LogP contribution in [0.3, 0.4) is 0 Å². The normalized spacial score (nSPS) is 15.5. The van der Waals surface area contributed by atoms with Crippen molar-refractivity contribution in [3.63, 3.8) is 0 Å². The van der Waals surface area contributed by atoms with E-state index >= 15 is 0 Å². The van der Waals surface area contributed by atoms with Crippen LogP contribution >= 0.6 is 0 Å². The number of rotatable bonds is 6. The van der Waals surface area contributed by atoms with Crippen LogP contribution in [0.1, 0.15) is 25.1 Å². The van der Waals surface area contributed by atoms with E-state index in [1.807, 2.05) is 36.4 Å². The van der Waals surface area contributed by atoms with Gasteiger partial charge in [0, 0.05) is 13.1 Å². The minimum absolute atomic E-state index is 0.499. The van der Waals surface area contributed by atoms with Gasteiger partial charge in [-0.1, -0.05) is 36.8 Å². The van der Waals surface area contributed by atoms with Gasteiger partial charge in [0.1, 0.15) is 18.2 Å². The SMILES string of the molecule is c1ccc(OCc2nc3ccccc3n2CCN2CCCCC2)cc1. The number of aromatic nitrogens is 2. The Morgan fingerprint density at radius 2 is 1.60 bits per heavy atom. The first kappa shape index (κ1) is 16.2. The lowest BCUT2D eigenvalue weighted by molar-refractivity contribution is 0.218. The number of piperidine rings is 1. The van der Waals surface area contributed by atoms with Gasteiger partial charge in [0.2, 0.25) is 0 Å². The molecule has 0 aliphatic carbocycles. The Kier molecular flexibility index (Phi) is 4.98. The van der Waals surface area contributed by atoms with Gasteiger partial charge in [-0.2, -0.15) is 0 Å². The van der Waals surface area contributed by atoms with Crippen LogP contribution in [0.15, 0.2) is 54.6 Å². The predicted octanol–water partition coefficient (Wildman–Crippen LogP) is 4.10. The van der Waals surface area contributed by atoms with Crippen molar-refractivity contribution in [1.82, 2.24) is 14.5 Å². The van der Waals surface area contributed by atoms with Gasteiger partial charge in [-0.25, -0.2) is 4.98 Å². The van der Waals surface area contributed by atoms with Gasteiger partial charge in [-0.3, -0.25) is 0 Å².